The van der Waals surface area contributed by atoms with E-state index < -0.39 is 0 Å². The predicted octanol–water partition coefficient (Wildman–Crippen LogP) is 2.34. The molecule has 0 bridgehead atoms. The van der Waals surface area contributed by atoms with E-state index in [1.807, 2.05) is 16.8 Å². The predicted molar refractivity (Wildman–Crippen MR) is 83.4 cm³/mol. The van der Waals surface area contributed by atoms with Crippen LogP contribution in [0.1, 0.15) is 35.1 Å². The van der Waals surface area contributed by atoms with Gasteiger partial charge in [0.1, 0.15) is 5.69 Å². The standard InChI is InChI=1S/C15H17N3O2S/c1-2-8-18-9-5-7-13(18)14(20)17-15-16-11-12(21-15)6-3-4-10-19/h5,7,9,11,19H,2,4,8,10H2,1H3,(H,16,17,20). The quantitative estimate of drug-likeness (QED) is 0.833. The highest BCUT2D eigenvalue weighted by molar-refractivity contribution is 7.16. The molecule has 2 aromatic rings. The fraction of sp³-hybridized carbons (Fsp3) is 0.333. The number of rotatable bonds is 5. The number of aliphatic hydroxyl groups excluding tert-OH is 1. The summed E-state index contributed by atoms with van der Waals surface area (Å²) in [6, 6.07) is 3.65. The van der Waals surface area contributed by atoms with Crippen LogP contribution in [0.2, 0.25) is 0 Å². The molecule has 0 fully saturated rings. The summed E-state index contributed by atoms with van der Waals surface area (Å²) < 4.78 is 1.92. The van der Waals surface area contributed by atoms with Gasteiger partial charge in [-0.15, -0.1) is 0 Å². The third-order valence-electron chi connectivity index (χ3n) is 2.70. The molecule has 0 saturated heterocycles. The molecule has 0 atom stereocenters. The lowest BCUT2D eigenvalue weighted by molar-refractivity contribution is 0.101. The summed E-state index contributed by atoms with van der Waals surface area (Å²) in [6.07, 6.45) is 4.92. The molecule has 2 rings (SSSR count). The first kappa shape index (κ1) is 15.3. The SMILES string of the molecule is CCCn1cccc1C(=O)Nc1ncc(C#CCCO)s1. The van der Waals surface area contributed by atoms with Crippen molar-refractivity contribution in [2.24, 2.45) is 0 Å². The van der Waals surface area contributed by atoms with Crippen LogP contribution in [0, 0.1) is 11.8 Å². The topological polar surface area (TPSA) is 67.2 Å². The summed E-state index contributed by atoms with van der Waals surface area (Å²) in [5, 5.41) is 12.0. The summed E-state index contributed by atoms with van der Waals surface area (Å²) in [6.45, 7) is 2.93. The van der Waals surface area contributed by atoms with Crippen LogP contribution in [0.25, 0.3) is 0 Å². The highest BCUT2D eigenvalue weighted by atomic mass is 32.1. The summed E-state index contributed by atoms with van der Waals surface area (Å²) >= 11 is 1.32. The number of anilines is 1. The molecule has 2 aromatic heterocycles. The number of carbonyl (C=O) groups is 1. The van der Waals surface area contributed by atoms with Gasteiger partial charge in [0.15, 0.2) is 5.13 Å². The van der Waals surface area contributed by atoms with Gasteiger partial charge in [0.25, 0.3) is 5.91 Å². The Labute approximate surface area is 127 Å². The lowest BCUT2D eigenvalue weighted by atomic mass is 10.4. The Hall–Kier alpha value is -2.10. The van der Waals surface area contributed by atoms with Crippen LogP contribution in [0.15, 0.2) is 24.5 Å². The minimum atomic E-state index is -0.169. The third kappa shape index (κ3) is 4.18. The van der Waals surface area contributed by atoms with Crippen molar-refractivity contribution >= 4 is 22.4 Å². The van der Waals surface area contributed by atoms with Gasteiger partial charge in [-0.25, -0.2) is 4.98 Å². The van der Waals surface area contributed by atoms with Crippen molar-refractivity contribution in [3.63, 3.8) is 0 Å². The maximum absolute atomic E-state index is 12.2. The van der Waals surface area contributed by atoms with Crippen molar-refractivity contribution in [1.82, 2.24) is 9.55 Å². The zero-order valence-corrected chi connectivity index (χ0v) is 12.6. The van der Waals surface area contributed by atoms with Gasteiger partial charge < -0.3 is 9.67 Å². The number of hydrogen-bond donors (Lipinski definition) is 2. The average molecular weight is 303 g/mol. The summed E-state index contributed by atoms with van der Waals surface area (Å²) in [5.41, 5.74) is 0.625. The number of amides is 1. The van der Waals surface area contributed by atoms with Gasteiger partial charge in [-0.05, 0) is 18.6 Å². The van der Waals surface area contributed by atoms with Crippen molar-refractivity contribution in [2.45, 2.75) is 26.3 Å². The van der Waals surface area contributed by atoms with E-state index in [0.29, 0.717) is 17.2 Å². The lowest BCUT2D eigenvalue weighted by Gasteiger charge is -2.06. The summed E-state index contributed by atoms with van der Waals surface area (Å²) in [4.78, 5) is 17.1. The molecule has 21 heavy (non-hydrogen) atoms. The van der Waals surface area contributed by atoms with Crippen LogP contribution in [0.5, 0.6) is 0 Å². The first-order valence-electron chi connectivity index (χ1n) is 6.76. The molecule has 0 aromatic carbocycles. The Bertz CT molecular complexity index is 664. The molecule has 0 unspecified atom stereocenters. The number of carbonyl (C=O) groups excluding carboxylic acids is 1. The van der Waals surface area contributed by atoms with Crippen LogP contribution in [0.3, 0.4) is 0 Å². The molecular weight excluding hydrogens is 286 g/mol. The van der Waals surface area contributed by atoms with E-state index >= 15 is 0 Å². The largest absolute Gasteiger partial charge is 0.395 e. The van der Waals surface area contributed by atoms with Crippen LogP contribution >= 0.6 is 11.3 Å². The van der Waals surface area contributed by atoms with Crippen LogP contribution in [0.4, 0.5) is 5.13 Å². The van der Waals surface area contributed by atoms with Crippen LogP contribution in [-0.2, 0) is 6.54 Å². The molecule has 5 nitrogen and oxygen atoms in total. The Morgan fingerprint density at radius 1 is 1.57 bits per heavy atom. The molecule has 1 amide bonds. The maximum Gasteiger partial charge on any atom is 0.274 e. The fourth-order valence-electron chi connectivity index (χ4n) is 1.81. The molecule has 2 heterocycles. The molecular formula is C15H17N3O2S. The third-order valence-corrected chi connectivity index (χ3v) is 3.53. The number of nitrogens with one attached hydrogen (secondary N) is 1. The van der Waals surface area contributed by atoms with E-state index in [9.17, 15) is 4.79 Å². The van der Waals surface area contributed by atoms with Gasteiger partial charge in [0.05, 0.1) is 17.7 Å². The smallest absolute Gasteiger partial charge is 0.274 e. The normalized spacial score (nSPS) is 10.0. The fourth-order valence-corrected chi connectivity index (χ4v) is 2.50. The monoisotopic (exact) mass is 303 g/mol. The van der Waals surface area contributed by atoms with E-state index in [1.54, 1.807) is 12.3 Å². The second-order valence-corrected chi connectivity index (χ2v) is 5.38. The van der Waals surface area contributed by atoms with Crippen LogP contribution < -0.4 is 5.32 Å². The van der Waals surface area contributed by atoms with Gasteiger partial charge in [0.2, 0.25) is 0 Å². The van der Waals surface area contributed by atoms with E-state index in [-0.39, 0.29) is 12.5 Å². The zero-order valence-electron chi connectivity index (χ0n) is 11.8. The molecule has 0 aliphatic heterocycles. The Kier molecular flexibility index (Phi) is 5.55. The number of thiazole rings is 1. The van der Waals surface area contributed by atoms with Crippen molar-refractivity contribution < 1.29 is 9.90 Å². The average Bonchev–Trinajstić information content (AvgIpc) is 3.09. The van der Waals surface area contributed by atoms with E-state index in [1.165, 1.54) is 11.3 Å². The number of aliphatic hydroxyl groups is 1. The van der Waals surface area contributed by atoms with Gasteiger partial charge in [0, 0.05) is 19.2 Å². The minimum absolute atomic E-state index is 0.0455. The van der Waals surface area contributed by atoms with Crippen molar-refractivity contribution in [1.29, 1.82) is 0 Å². The lowest BCUT2D eigenvalue weighted by Crippen LogP contribution is -2.16. The van der Waals surface area contributed by atoms with Crippen LogP contribution in [-0.4, -0.2) is 27.2 Å². The Balaban J connectivity index is 2.03. The summed E-state index contributed by atoms with van der Waals surface area (Å²) in [7, 11) is 0. The second-order valence-electron chi connectivity index (χ2n) is 4.35. The highest BCUT2D eigenvalue weighted by Crippen LogP contribution is 2.18. The maximum atomic E-state index is 12.2. The van der Waals surface area contributed by atoms with E-state index in [0.717, 1.165) is 17.8 Å². The number of nitrogens with zero attached hydrogens (tertiary/aromatic N) is 2. The molecule has 2 N–H and O–H groups in total. The van der Waals surface area contributed by atoms with Gasteiger partial charge in [-0.1, -0.05) is 30.1 Å². The summed E-state index contributed by atoms with van der Waals surface area (Å²) in [5.74, 6) is 5.55. The van der Waals surface area contributed by atoms with Gasteiger partial charge >= 0.3 is 0 Å². The molecule has 0 spiro atoms. The molecule has 0 aliphatic rings. The van der Waals surface area contributed by atoms with E-state index in [4.69, 9.17) is 5.11 Å². The first-order valence-corrected chi connectivity index (χ1v) is 7.58. The number of hydrogen-bond acceptors (Lipinski definition) is 4. The molecule has 0 aliphatic carbocycles. The molecule has 0 radical (unpaired) electrons. The minimum Gasteiger partial charge on any atom is -0.395 e. The molecule has 110 valence electrons. The van der Waals surface area contributed by atoms with Crippen molar-refractivity contribution in [3.05, 3.63) is 35.1 Å². The molecule has 6 heteroatoms. The second kappa shape index (κ2) is 7.62. The Morgan fingerprint density at radius 2 is 2.43 bits per heavy atom. The number of aryl methyl sites for hydroxylation is 1. The first-order chi connectivity index (χ1) is 10.2. The highest BCUT2D eigenvalue weighted by Gasteiger charge is 2.12. The van der Waals surface area contributed by atoms with Gasteiger partial charge in [-0.3, -0.25) is 10.1 Å². The van der Waals surface area contributed by atoms with Crippen molar-refractivity contribution in [2.75, 3.05) is 11.9 Å². The molecule has 0 saturated carbocycles. The van der Waals surface area contributed by atoms with E-state index in [2.05, 4.69) is 29.1 Å². The number of aromatic nitrogens is 2. The Morgan fingerprint density at radius 3 is 3.19 bits per heavy atom. The van der Waals surface area contributed by atoms with Crippen molar-refractivity contribution in [3.8, 4) is 11.8 Å². The zero-order chi connectivity index (χ0) is 15.1. The van der Waals surface area contributed by atoms with Gasteiger partial charge in [-0.2, -0.15) is 0 Å².